The predicted molar refractivity (Wildman–Crippen MR) is 41.8 cm³/mol. The number of hydrogen-bond donors (Lipinski definition) is 1. The molecule has 0 aromatic heterocycles. The number of nitriles is 1. The molecule has 0 spiro atoms. The molecule has 0 aromatic carbocycles. The molecule has 1 saturated heterocycles. The van der Waals surface area contributed by atoms with Crippen molar-refractivity contribution in [1.29, 1.82) is 5.26 Å². The fraction of sp³-hybridized carbons (Fsp3) is 0.875. The first-order chi connectivity index (χ1) is 5.06. The molecule has 3 nitrogen and oxygen atoms in total. The molecule has 2 atom stereocenters. The van der Waals surface area contributed by atoms with Crippen LogP contribution in [0.5, 0.6) is 0 Å². The van der Waals surface area contributed by atoms with E-state index < -0.39 is 5.54 Å². The van der Waals surface area contributed by atoms with E-state index in [1.54, 1.807) is 0 Å². The maximum atomic E-state index is 8.76. The molecule has 1 aliphatic rings. The van der Waals surface area contributed by atoms with Gasteiger partial charge in [-0.05, 0) is 13.8 Å². The van der Waals surface area contributed by atoms with E-state index in [-0.39, 0.29) is 12.2 Å². The molecule has 0 amide bonds. The van der Waals surface area contributed by atoms with Gasteiger partial charge in [0.05, 0.1) is 18.3 Å². The van der Waals surface area contributed by atoms with Crippen LogP contribution < -0.4 is 5.73 Å². The van der Waals surface area contributed by atoms with Crippen molar-refractivity contribution >= 4 is 0 Å². The zero-order valence-electron chi connectivity index (χ0n) is 7.00. The lowest BCUT2D eigenvalue weighted by atomic mass is 9.87. The number of nitrogens with two attached hydrogens (primary N) is 1. The molecular weight excluding hydrogens is 140 g/mol. The lowest BCUT2D eigenvalue weighted by molar-refractivity contribution is -0.0489. The zero-order chi connectivity index (χ0) is 8.48. The van der Waals surface area contributed by atoms with Crippen LogP contribution >= 0.6 is 0 Å². The Kier molecular flexibility index (Phi) is 2.17. The second kappa shape index (κ2) is 2.80. The molecule has 11 heavy (non-hydrogen) atoms. The molecule has 0 bridgehead atoms. The van der Waals surface area contributed by atoms with Crippen LogP contribution in [0.4, 0.5) is 0 Å². The standard InChI is InChI=1S/C8H14N2O/c1-6-3-8(10,5-9)4-7(2)11-6/h6-7H,3-4,10H2,1-2H3. The lowest BCUT2D eigenvalue weighted by Gasteiger charge is -2.35. The molecule has 2 N–H and O–H groups in total. The summed E-state index contributed by atoms with van der Waals surface area (Å²) in [6.07, 6.45) is 1.52. The maximum Gasteiger partial charge on any atom is 0.109 e. The quantitative estimate of drug-likeness (QED) is 0.561. The van der Waals surface area contributed by atoms with Crippen molar-refractivity contribution < 1.29 is 4.74 Å². The van der Waals surface area contributed by atoms with Crippen LogP contribution in [0.3, 0.4) is 0 Å². The van der Waals surface area contributed by atoms with E-state index in [0.29, 0.717) is 12.8 Å². The maximum absolute atomic E-state index is 8.76. The average molecular weight is 154 g/mol. The first kappa shape index (κ1) is 8.51. The minimum absolute atomic E-state index is 0.114. The van der Waals surface area contributed by atoms with Crippen molar-refractivity contribution in [3.8, 4) is 6.07 Å². The third-order valence-corrected chi connectivity index (χ3v) is 1.99. The van der Waals surface area contributed by atoms with Crippen LogP contribution in [-0.2, 0) is 4.74 Å². The summed E-state index contributed by atoms with van der Waals surface area (Å²) >= 11 is 0. The van der Waals surface area contributed by atoms with E-state index in [4.69, 9.17) is 15.7 Å². The first-order valence-electron chi connectivity index (χ1n) is 3.91. The largest absolute Gasteiger partial charge is 0.375 e. The van der Waals surface area contributed by atoms with Gasteiger partial charge in [-0.15, -0.1) is 0 Å². The van der Waals surface area contributed by atoms with Gasteiger partial charge in [0, 0.05) is 12.8 Å². The second-order valence-corrected chi connectivity index (χ2v) is 3.43. The van der Waals surface area contributed by atoms with Gasteiger partial charge in [0.25, 0.3) is 0 Å². The Hall–Kier alpha value is -0.590. The van der Waals surface area contributed by atoms with Gasteiger partial charge in [-0.1, -0.05) is 0 Å². The van der Waals surface area contributed by atoms with Gasteiger partial charge in [-0.3, -0.25) is 0 Å². The van der Waals surface area contributed by atoms with Gasteiger partial charge in [0.1, 0.15) is 5.54 Å². The minimum Gasteiger partial charge on any atom is -0.375 e. The van der Waals surface area contributed by atoms with Gasteiger partial charge >= 0.3 is 0 Å². The van der Waals surface area contributed by atoms with Crippen molar-refractivity contribution in [2.75, 3.05) is 0 Å². The molecule has 3 heteroatoms. The van der Waals surface area contributed by atoms with Crippen molar-refractivity contribution in [2.24, 2.45) is 5.73 Å². The highest BCUT2D eigenvalue weighted by atomic mass is 16.5. The van der Waals surface area contributed by atoms with Crippen LogP contribution in [0.15, 0.2) is 0 Å². The number of hydrogen-bond acceptors (Lipinski definition) is 3. The van der Waals surface area contributed by atoms with Crippen LogP contribution in [0, 0.1) is 11.3 Å². The normalized spacial score (nSPS) is 44.9. The summed E-state index contributed by atoms with van der Waals surface area (Å²) in [6.45, 7) is 3.91. The average Bonchev–Trinajstić information content (AvgIpc) is 1.84. The van der Waals surface area contributed by atoms with E-state index in [2.05, 4.69) is 6.07 Å². The summed E-state index contributed by atoms with van der Waals surface area (Å²) in [5.74, 6) is 0. The van der Waals surface area contributed by atoms with Crippen molar-refractivity contribution in [3.63, 3.8) is 0 Å². The molecule has 2 unspecified atom stereocenters. The Morgan fingerprint density at radius 2 is 1.91 bits per heavy atom. The molecule has 0 aromatic rings. The van der Waals surface area contributed by atoms with Crippen LogP contribution in [-0.4, -0.2) is 17.7 Å². The topological polar surface area (TPSA) is 59.0 Å². The summed E-state index contributed by atoms with van der Waals surface area (Å²) in [5, 5.41) is 8.76. The van der Waals surface area contributed by atoms with E-state index in [1.165, 1.54) is 0 Å². The Morgan fingerprint density at radius 1 is 1.45 bits per heavy atom. The van der Waals surface area contributed by atoms with E-state index >= 15 is 0 Å². The first-order valence-corrected chi connectivity index (χ1v) is 3.91. The smallest absolute Gasteiger partial charge is 0.109 e. The van der Waals surface area contributed by atoms with Crippen LogP contribution in [0.2, 0.25) is 0 Å². The molecule has 0 saturated carbocycles. The van der Waals surface area contributed by atoms with Crippen LogP contribution in [0.25, 0.3) is 0 Å². The Labute approximate surface area is 67.1 Å². The van der Waals surface area contributed by atoms with Gasteiger partial charge < -0.3 is 10.5 Å². The highest BCUT2D eigenvalue weighted by molar-refractivity contribution is 5.08. The molecule has 1 aliphatic heterocycles. The van der Waals surface area contributed by atoms with Gasteiger partial charge in [0.2, 0.25) is 0 Å². The predicted octanol–water partition coefficient (Wildman–Crippen LogP) is 0.795. The number of ether oxygens (including phenoxy) is 1. The van der Waals surface area contributed by atoms with Crippen molar-refractivity contribution in [3.05, 3.63) is 0 Å². The molecule has 0 radical (unpaired) electrons. The number of rotatable bonds is 0. The van der Waals surface area contributed by atoms with Crippen molar-refractivity contribution in [1.82, 2.24) is 0 Å². The molecular formula is C8H14N2O. The van der Waals surface area contributed by atoms with Crippen molar-refractivity contribution in [2.45, 2.75) is 44.4 Å². The summed E-state index contributed by atoms with van der Waals surface area (Å²) in [6, 6.07) is 2.14. The summed E-state index contributed by atoms with van der Waals surface area (Å²) in [4.78, 5) is 0. The molecule has 62 valence electrons. The Balaban J connectivity index is 2.64. The Morgan fingerprint density at radius 3 is 2.27 bits per heavy atom. The van der Waals surface area contributed by atoms with Gasteiger partial charge in [-0.2, -0.15) is 5.26 Å². The third kappa shape index (κ3) is 1.92. The monoisotopic (exact) mass is 154 g/mol. The summed E-state index contributed by atoms with van der Waals surface area (Å²) in [5.41, 5.74) is 5.14. The SMILES string of the molecule is CC1CC(N)(C#N)CC(C)O1. The minimum atomic E-state index is -0.656. The third-order valence-electron chi connectivity index (χ3n) is 1.99. The van der Waals surface area contributed by atoms with Gasteiger partial charge in [-0.25, -0.2) is 0 Å². The van der Waals surface area contributed by atoms with Gasteiger partial charge in [0.15, 0.2) is 0 Å². The number of nitrogens with zero attached hydrogens (tertiary/aromatic N) is 1. The summed E-state index contributed by atoms with van der Waals surface area (Å²) < 4.78 is 5.45. The van der Waals surface area contributed by atoms with E-state index in [0.717, 1.165) is 0 Å². The molecule has 1 rings (SSSR count). The molecule has 1 heterocycles. The Bertz CT molecular complexity index is 175. The molecule has 1 fully saturated rings. The highest BCUT2D eigenvalue weighted by Crippen LogP contribution is 2.25. The fourth-order valence-corrected chi connectivity index (χ4v) is 1.69. The van der Waals surface area contributed by atoms with E-state index in [9.17, 15) is 0 Å². The second-order valence-electron chi connectivity index (χ2n) is 3.43. The summed E-state index contributed by atoms with van der Waals surface area (Å²) in [7, 11) is 0. The van der Waals surface area contributed by atoms with E-state index in [1.807, 2.05) is 13.8 Å². The fourth-order valence-electron chi connectivity index (χ4n) is 1.69. The highest BCUT2D eigenvalue weighted by Gasteiger charge is 2.35. The zero-order valence-corrected chi connectivity index (χ0v) is 7.00. The lowest BCUT2D eigenvalue weighted by Crippen LogP contribution is -2.49. The molecule has 0 aliphatic carbocycles. The van der Waals surface area contributed by atoms with Crippen LogP contribution in [0.1, 0.15) is 26.7 Å².